The van der Waals surface area contributed by atoms with Gasteiger partial charge < -0.3 is 4.74 Å². The van der Waals surface area contributed by atoms with Gasteiger partial charge in [0.1, 0.15) is 5.60 Å². The SMILES string of the molecule is CCC(C)C1C(C)CC2C3CCC4CCCCC4(C)C3CCC21OC(C)=O. The van der Waals surface area contributed by atoms with Crippen LogP contribution in [0.25, 0.3) is 0 Å². The van der Waals surface area contributed by atoms with Gasteiger partial charge >= 0.3 is 5.97 Å². The van der Waals surface area contributed by atoms with Gasteiger partial charge in [-0.3, -0.25) is 4.79 Å². The number of rotatable bonds is 3. The molecule has 0 radical (unpaired) electrons. The summed E-state index contributed by atoms with van der Waals surface area (Å²) in [7, 11) is 0. The van der Waals surface area contributed by atoms with Gasteiger partial charge in [0.15, 0.2) is 0 Å². The lowest BCUT2D eigenvalue weighted by molar-refractivity contribution is -0.197. The Morgan fingerprint density at radius 2 is 1.89 bits per heavy atom. The Morgan fingerprint density at radius 1 is 1.11 bits per heavy atom. The second-order valence-electron chi connectivity index (χ2n) is 11.1. The van der Waals surface area contributed by atoms with Crippen LogP contribution >= 0.6 is 0 Å². The molecule has 2 heteroatoms. The van der Waals surface area contributed by atoms with E-state index in [0.29, 0.717) is 29.1 Å². The molecule has 0 bridgehead atoms. The summed E-state index contributed by atoms with van der Waals surface area (Å²) in [6, 6.07) is 0. The number of hydrogen-bond donors (Lipinski definition) is 0. The Balaban J connectivity index is 1.69. The van der Waals surface area contributed by atoms with Crippen LogP contribution in [0.15, 0.2) is 0 Å². The van der Waals surface area contributed by atoms with E-state index in [1.54, 1.807) is 6.92 Å². The van der Waals surface area contributed by atoms with Gasteiger partial charge in [-0.05, 0) is 80.0 Å². The first-order valence-corrected chi connectivity index (χ1v) is 12.0. The van der Waals surface area contributed by atoms with Gasteiger partial charge in [0, 0.05) is 18.8 Å². The highest BCUT2D eigenvalue weighted by Crippen LogP contribution is 2.67. The Hall–Kier alpha value is -0.530. The van der Waals surface area contributed by atoms with E-state index in [1.165, 1.54) is 57.8 Å². The normalized spacial score (nSPS) is 50.3. The smallest absolute Gasteiger partial charge is 0.303 e. The van der Waals surface area contributed by atoms with Gasteiger partial charge in [-0.1, -0.05) is 47.0 Å². The van der Waals surface area contributed by atoms with Crippen molar-refractivity contribution in [3.05, 3.63) is 0 Å². The molecule has 0 amide bonds. The molecule has 0 heterocycles. The van der Waals surface area contributed by atoms with Crippen LogP contribution in [-0.4, -0.2) is 11.6 Å². The molecule has 9 unspecified atom stereocenters. The molecule has 9 atom stereocenters. The van der Waals surface area contributed by atoms with Crippen molar-refractivity contribution in [1.29, 1.82) is 0 Å². The number of carbonyl (C=O) groups excluding carboxylic acids is 1. The lowest BCUT2D eigenvalue weighted by atomic mass is 9.46. The van der Waals surface area contributed by atoms with E-state index in [2.05, 4.69) is 27.7 Å². The fourth-order valence-electron chi connectivity index (χ4n) is 9.01. The molecule has 4 rings (SSSR count). The maximum Gasteiger partial charge on any atom is 0.303 e. The van der Waals surface area contributed by atoms with E-state index in [1.807, 2.05) is 0 Å². The quantitative estimate of drug-likeness (QED) is 0.519. The van der Waals surface area contributed by atoms with Crippen molar-refractivity contribution >= 4 is 5.97 Å². The van der Waals surface area contributed by atoms with Crippen molar-refractivity contribution in [2.45, 2.75) is 104 Å². The second-order valence-corrected chi connectivity index (χ2v) is 11.1. The molecule has 0 spiro atoms. The van der Waals surface area contributed by atoms with Gasteiger partial charge in [0.2, 0.25) is 0 Å². The highest BCUT2D eigenvalue weighted by molar-refractivity contribution is 5.66. The van der Waals surface area contributed by atoms with Crippen molar-refractivity contribution in [2.75, 3.05) is 0 Å². The molecule has 0 N–H and O–H groups in total. The molecule has 0 aliphatic heterocycles. The Labute approximate surface area is 167 Å². The number of esters is 1. The average molecular weight is 375 g/mol. The van der Waals surface area contributed by atoms with E-state index in [4.69, 9.17) is 4.74 Å². The zero-order chi connectivity index (χ0) is 19.4. The standard InChI is InChI=1S/C25H42O2/c1-6-16(2)23-17(3)15-22-20-11-10-19-9-7-8-13-24(19,5)21(20)12-14-25(22,23)27-18(4)26/h16-17,19-23H,6-15H2,1-5H3. The molecule has 4 aliphatic carbocycles. The van der Waals surface area contributed by atoms with Crippen molar-refractivity contribution in [3.63, 3.8) is 0 Å². The molecule has 4 fully saturated rings. The highest BCUT2D eigenvalue weighted by atomic mass is 16.6. The molecule has 0 aromatic rings. The molecule has 27 heavy (non-hydrogen) atoms. The summed E-state index contributed by atoms with van der Waals surface area (Å²) in [6.07, 6.45) is 13.5. The first-order valence-electron chi connectivity index (χ1n) is 12.0. The third kappa shape index (κ3) is 2.91. The maximum absolute atomic E-state index is 12.2. The Kier molecular flexibility index (Phi) is 5.17. The molecule has 0 saturated heterocycles. The van der Waals surface area contributed by atoms with Crippen LogP contribution in [-0.2, 0) is 9.53 Å². The number of carbonyl (C=O) groups is 1. The van der Waals surface area contributed by atoms with Crippen LogP contribution in [0.1, 0.15) is 98.8 Å². The van der Waals surface area contributed by atoms with E-state index in [9.17, 15) is 4.79 Å². The monoisotopic (exact) mass is 374 g/mol. The average Bonchev–Trinajstić information content (AvgIpc) is 2.91. The minimum Gasteiger partial charge on any atom is -0.459 e. The number of ether oxygens (including phenoxy) is 1. The Morgan fingerprint density at radius 3 is 2.59 bits per heavy atom. The molecular weight excluding hydrogens is 332 g/mol. The lowest BCUT2D eigenvalue weighted by Gasteiger charge is -2.60. The maximum atomic E-state index is 12.2. The number of hydrogen-bond acceptors (Lipinski definition) is 2. The zero-order valence-corrected chi connectivity index (χ0v) is 18.4. The third-order valence-electron chi connectivity index (χ3n) is 10.0. The lowest BCUT2D eigenvalue weighted by Crippen LogP contribution is -2.58. The van der Waals surface area contributed by atoms with E-state index in [-0.39, 0.29) is 11.6 Å². The largest absolute Gasteiger partial charge is 0.459 e. The highest BCUT2D eigenvalue weighted by Gasteiger charge is 2.65. The van der Waals surface area contributed by atoms with Gasteiger partial charge in [-0.25, -0.2) is 0 Å². The fraction of sp³-hybridized carbons (Fsp3) is 0.960. The van der Waals surface area contributed by atoms with Gasteiger partial charge in [-0.15, -0.1) is 0 Å². The van der Waals surface area contributed by atoms with Gasteiger partial charge in [-0.2, -0.15) is 0 Å². The van der Waals surface area contributed by atoms with Crippen molar-refractivity contribution in [3.8, 4) is 0 Å². The van der Waals surface area contributed by atoms with Gasteiger partial charge in [0.25, 0.3) is 0 Å². The molecular formula is C25H42O2. The van der Waals surface area contributed by atoms with Crippen LogP contribution in [0.2, 0.25) is 0 Å². The summed E-state index contributed by atoms with van der Waals surface area (Å²) < 4.78 is 6.39. The van der Waals surface area contributed by atoms with Gasteiger partial charge in [0.05, 0.1) is 0 Å². The first-order chi connectivity index (χ1) is 12.8. The summed E-state index contributed by atoms with van der Waals surface area (Å²) >= 11 is 0. The van der Waals surface area contributed by atoms with Crippen LogP contribution in [0.3, 0.4) is 0 Å². The molecule has 2 nitrogen and oxygen atoms in total. The minimum absolute atomic E-state index is 0.0431. The zero-order valence-electron chi connectivity index (χ0n) is 18.4. The first kappa shape index (κ1) is 19.8. The summed E-state index contributed by atoms with van der Waals surface area (Å²) in [5.41, 5.74) is 0.390. The van der Waals surface area contributed by atoms with Crippen LogP contribution < -0.4 is 0 Å². The summed E-state index contributed by atoms with van der Waals surface area (Å²) in [5, 5.41) is 0. The van der Waals surface area contributed by atoms with Crippen molar-refractivity contribution in [1.82, 2.24) is 0 Å². The fourth-order valence-corrected chi connectivity index (χ4v) is 9.01. The van der Waals surface area contributed by atoms with Crippen LogP contribution in [0.4, 0.5) is 0 Å². The predicted octanol–water partition coefficient (Wildman–Crippen LogP) is 6.62. The second kappa shape index (κ2) is 7.06. The molecule has 4 aliphatic rings. The van der Waals surface area contributed by atoms with Crippen molar-refractivity contribution in [2.24, 2.45) is 46.8 Å². The van der Waals surface area contributed by atoms with Crippen LogP contribution in [0, 0.1) is 46.8 Å². The van der Waals surface area contributed by atoms with E-state index >= 15 is 0 Å². The van der Waals surface area contributed by atoms with E-state index in [0.717, 1.165) is 24.2 Å². The summed E-state index contributed by atoms with van der Waals surface area (Å²) in [6.45, 7) is 11.4. The molecule has 0 aromatic heterocycles. The molecule has 154 valence electrons. The Bertz CT molecular complexity index is 571. The van der Waals surface area contributed by atoms with E-state index < -0.39 is 0 Å². The molecule has 0 aromatic carbocycles. The van der Waals surface area contributed by atoms with Crippen molar-refractivity contribution < 1.29 is 9.53 Å². The summed E-state index contributed by atoms with van der Waals surface area (Å²) in [4.78, 5) is 12.2. The predicted molar refractivity (Wildman–Crippen MR) is 110 cm³/mol. The number of fused-ring (bicyclic) bond motifs is 5. The minimum atomic E-state index is -0.167. The van der Waals surface area contributed by atoms with Crippen LogP contribution in [0.5, 0.6) is 0 Å². The third-order valence-corrected chi connectivity index (χ3v) is 10.0. The summed E-state index contributed by atoms with van der Waals surface area (Å²) in [5.74, 6) is 5.05. The topological polar surface area (TPSA) is 26.3 Å². The molecule has 4 saturated carbocycles.